The summed E-state index contributed by atoms with van der Waals surface area (Å²) < 4.78 is 4.81. The maximum Gasteiger partial charge on any atom is 0.328 e. The molecule has 2 rings (SSSR count). The number of methoxy groups -OCH3 is 1. The summed E-state index contributed by atoms with van der Waals surface area (Å²) >= 11 is 0. The van der Waals surface area contributed by atoms with Gasteiger partial charge >= 0.3 is 5.97 Å². The Morgan fingerprint density at radius 1 is 1.16 bits per heavy atom. The average Bonchev–Trinajstić information content (AvgIpc) is 2.89. The Bertz CT molecular complexity index is 359. The van der Waals surface area contributed by atoms with Gasteiger partial charge in [0.2, 0.25) is 5.91 Å². The van der Waals surface area contributed by atoms with Crippen LogP contribution in [-0.2, 0) is 14.3 Å². The largest absolute Gasteiger partial charge is 0.467 e. The van der Waals surface area contributed by atoms with Crippen molar-refractivity contribution in [3.05, 3.63) is 0 Å². The van der Waals surface area contributed by atoms with Crippen LogP contribution in [0.25, 0.3) is 0 Å². The zero-order valence-corrected chi connectivity index (χ0v) is 12.1. The molecule has 0 bridgehead atoms. The van der Waals surface area contributed by atoms with E-state index in [-0.39, 0.29) is 29.9 Å². The molecular weight excluding hydrogens is 244 g/mol. The third-order valence-corrected chi connectivity index (χ3v) is 4.63. The standard InChI is InChI=1S/C14H24N2O3/c1-10-11(6-4-8-15(10)2)13(17)16-9-5-7-12(16)14(18)19-3/h10-12H,4-9H2,1-3H3/t10-,11-,12-/m0/s1. The number of nitrogens with zero attached hydrogens (tertiary/aromatic N) is 2. The van der Waals surface area contributed by atoms with Crippen molar-refractivity contribution in [1.82, 2.24) is 9.80 Å². The maximum absolute atomic E-state index is 12.7. The fourth-order valence-corrected chi connectivity index (χ4v) is 3.27. The molecule has 2 aliphatic rings. The van der Waals surface area contributed by atoms with Crippen molar-refractivity contribution in [2.24, 2.45) is 5.92 Å². The van der Waals surface area contributed by atoms with Crippen LogP contribution >= 0.6 is 0 Å². The lowest BCUT2D eigenvalue weighted by atomic mass is 9.89. The molecule has 3 atom stereocenters. The topological polar surface area (TPSA) is 49.9 Å². The van der Waals surface area contributed by atoms with E-state index >= 15 is 0 Å². The van der Waals surface area contributed by atoms with Crippen LogP contribution in [0.5, 0.6) is 0 Å². The van der Waals surface area contributed by atoms with Crippen LogP contribution in [0.3, 0.4) is 0 Å². The van der Waals surface area contributed by atoms with Gasteiger partial charge in [0.05, 0.1) is 13.0 Å². The molecular formula is C14H24N2O3. The lowest BCUT2D eigenvalue weighted by Gasteiger charge is -2.38. The molecule has 0 aromatic rings. The van der Waals surface area contributed by atoms with E-state index in [9.17, 15) is 9.59 Å². The number of carbonyl (C=O) groups is 2. The molecule has 0 N–H and O–H groups in total. The van der Waals surface area contributed by atoms with E-state index in [1.54, 1.807) is 4.90 Å². The number of hydrogen-bond donors (Lipinski definition) is 0. The van der Waals surface area contributed by atoms with E-state index in [4.69, 9.17) is 4.74 Å². The minimum Gasteiger partial charge on any atom is -0.467 e. The van der Waals surface area contributed by atoms with Crippen LogP contribution in [0.15, 0.2) is 0 Å². The molecule has 0 unspecified atom stereocenters. The van der Waals surface area contributed by atoms with Crippen LogP contribution < -0.4 is 0 Å². The first kappa shape index (κ1) is 14.3. The number of piperidine rings is 1. The summed E-state index contributed by atoms with van der Waals surface area (Å²) in [6, 6.07) is -0.114. The highest BCUT2D eigenvalue weighted by Gasteiger charge is 2.40. The summed E-state index contributed by atoms with van der Waals surface area (Å²) in [6.45, 7) is 3.84. The molecule has 0 saturated carbocycles. The SMILES string of the molecule is COC(=O)[C@@H]1CCCN1C(=O)[C@H]1CCCN(C)[C@H]1C. The highest BCUT2D eigenvalue weighted by Crippen LogP contribution is 2.28. The smallest absolute Gasteiger partial charge is 0.328 e. The second-order valence-electron chi connectivity index (χ2n) is 5.68. The predicted octanol–water partition coefficient (Wildman–Crippen LogP) is 0.881. The first-order valence-electron chi connectivity index (χ1n) is 7.14. The molecule has 2 saturated heterocycles. The van der Waals surface area contributed by atoms with Gasteiger partial charge in [0.15, 0.2) is 0 Å². The van der Waals surface area contributed by atoms with E-state index in [2.05, 4.69) is 18.9 Å². The van der Waals surface area contributed by atoms with E-state index < -0.39 is 0 Å². The molecule has 19 heavy (non-hydrogen) atoms. The second kappa shape index (κ2) is 5.90. The minimum absolute atomic E-state index is 0.0176. The van der Waals surface area contributed by atoms with Crippen LogP contribution in [0.2, 0.25) is 0 Å². The maximum atomic E-state index is 12.7. The summed E-state index contributed by atoms with van der Waals surface area (Å²) in [6.07, 6.45) is 3.60. The minimum atomic E-state index is -0.364. The third-order valence-electron chi connectivity index (χ3n) is 4.63. The van der Waals surface area contributed by atoms with Crippen molar-refractivity contribution in [2.75, 3.05) is 27.2 Å². The normalized spacial score (nSPS) is 32.4. The number of rotatable bonds is 2. The Balaban J connectivity index is 2.08. The van der Waals surface area contributed by atoms with Gasteiger partial charge in [-0.2, -0.15) is 0 Å². The Hall–Kier alpha value is -1.10. The zero-order chi connectivity index (χ0) is 14.0. The summed E-state index contributed by atoms with van der Waals surface area (Å²) in [5.74, 6) is -0.126. The van der Waals surface area contributed by atoms with Crippen LogP contribution in [0.4, 0.5) is 0 Å². The van der Waals surface area contributed by atoms with Crippen molar-refractivity contribution < 1.29 is 14.3 Å². The lowest BCUT2D eigenvalue weighted by molar-refractivity contribution is -0.153. The molecule has 0 aliphatic carbocycles. The molecule has 5 heteroatoms. The first-order valence-corrected chi connectivity index (χ1v) is 7.14. The molecule has 2 fully saturated rings. The van der Waals surface area contributed by atoms with Gasteiger partial charge in [0.1, 0.15) is 6.04 Å². The number of carbonyl (C=O) groups excluding carboxylic acids is 2. The van der Waals surface area contributed by atoms with Crippen molar-refractivity contribution in [3.63, 3.8) is 0 Å². The Morgan fingerprint density at radius 2 is 1.84 bits per heavy atom. The zero-order valence-electron chi connectivity index (χ0n) is 12.1. The van der Waals surface area contributed by atoms with Crippen LogP contribution in [0, 0.1) is 5.92 Å². The summed E-state index contributed by atoms with van der Waals surface area (Å²) in [5.41, 5.74) is 0. The van der Waals surface area contributed by atoms with Gasteiger partial charge in [0, 0.05) is 12.6 Å². The number of esters is 1. The Morgan fingerprint density at radius 3 is 2.53 bits per heavy atom. The van der Waals surface area contributed by atoms with Crippen molar-refractivity contribution in [1.29, 1.82) is 0 Å². The highest BCUT2D eigenvalue weighted by atomic mass is 16.5. The quantitative estimate of drug-likeness (QED) is 0.698. The molecule has 2 heterocycles. The molecule has 1 amide bonds. The molecule has 0 aromatic carbocycles. The van der Waals surface area contributed by atoms with E-state index in [0.29, 0.717) is 6.54 Å². The lowest BCUT2D eigenvalue weighted by Crippen LogP contribution is -2.51. The molecule has 2 aliphatic heterocycles. The molecule has 0 radical (unpaired) electrons. The fourth-order valence-electron chi connectivity index (χ4n) is 3.27. The number of hydrogen-bond acceptors (Lipinski definition) is 4. The van der Waals surface area contributed by atoms with Gasteiger partial charge in [0.25, 0.3) is 0 Å². The summed E-state index contributed by atoms with van der Waals surface area (Å²) in [5, 5.41) is 0. The molecule has 0 spiro atoms. The average molecular weight is 268 g/mol. The first-order chi connectivity index (χ1) is 9.06. The predicted molar refractivity (Wildman–Crippen MR) is 71.6 cm³/mol. The molecule has 0 aromatic heterocycles. The van der Waals surface area contributed by atoms with Crippen LogP contribution in [-0.4, -0.2) is 61.0 Å². The monoisotopic (exact) mass is 268 g/mol. The van der Waals surface area contributed by atoms with Gasteiger partial charge in [-0.15, -0.1) is 0 Å². The van der Waals surface area contributed by atoms with E-state index in [1.807, 2.05) is 0 Å². The summed E-state index contributed by atoms with van der Waals surface area (Å²) in [4.78, 5) is 28.4. The van der Waals surface area contributed by atoms with Gasteiger partial charge in [-0.25, -0.2) is 4.79 Å². The molecule has 108 valence electrons. The van der Waals surface area contributed by atoms with E-state index in [0.717, 1.165) is 32.2 Å². The Kier molecular flexibility index (Phi) is 4.45. The van der Waals surface area contributed by atoms with Gasteiger partial charge < -0.3 is 14.5 Å². The van der Waals surface area contributed by atoms with E-state index in [1.165, 1.54) is 7.11 Å². The number of likely N-dealkylation sites (tertiary alicyclic amines) is 2. The number of ether oxygens (including phenoxy) is 1. The number of amides is 1. The highest BCUT2D eigenvalue weighted by molar-refractivity contribution is 5.86. The van der Waals surface area contributed by atoms with Gasteiger partial charge in [-0.3, -0.25) is 4.79 Å². The van der Waals surface area contributed by atoms with Crippen molar-refractivity contribution in [3.8, 4) is 0 Å². The second-order valence-corrected chi connectivity index (χ2v) is 5.68. The summed E-state index contributed by atoms with van der Waals surface area (Å²) in [7, 11) is 3.45. The molecule has 5 nitrogen and oxygen atoms in total. The van der Waals surface area contributed by atoms with Gasteiger partial charge in [-0.05, 0) is 46.2 Å². The Labute approximate surface area is 114 Å². The van der Waals surface area contributed by atoms with Crippen molar-refractivity contribution in [2.45, 2.75) is 44.7 Å². The van der Waals surface area contributed by atoms with Crippen LogP contribution in [0.1, 0.15) is 32.6 Å². The third kappa shape index (κ3) is 2.76. The van der Waals surface area contributed by atoms with Gasteiger partial charge in [-0.1, -0.05) is 0 Å². The fraction of sp³-hybridized carbons (Fsp3) is 0.857. The van der Waals surface area contributed by atoms with Crippen molar-refractivity contribution >= 4 is 11.9 Å².